The second-order valence-corrected chi connectivity index (χ2v) is 5.13. The molecule has 3 heterocycles. The standard InChI is InChI=1S/C14H18ClN3O/c1-19-11-5-8-17(9-6-11)14-12(10-15)18-7-3-2-4-13(18)16-14/h2-4,7,11H,5-6,8-10H2,1H3. The first-order chi connectivity index (χ1) is 9.33. The lowest BCUT2D eigenvalue weighted by Gasteiger charge is -2.31. The van der Waals surface area contributed by atoms with Crippen LogP contribution in [0, 0.1) is 0 Å². The fourth-order valence-corrected chi connectivity index (χ4v) is 2.96. The van der Waals surface area contributed by atoms with Crippen molar-refractivity contribution in [2.24, 2.45) is 0 Å². The second-order valence-electron chi connectivity index (χ2n) is 4.87. The van der Waals surface area contributed by atoms with Gasteiger partial charge in [0.2, 0.25) is 0 Å². The van der Waals surface area contributed by atoms with Crippen molar-refractivity contribution in [3.8, 4) is 0 Å². The number of piperidine rings is 1. The van der Waals surface area contributed by atoms with Crippen LogP contribution in [-0.4, -0.2) is 35.7 Å². The zero-order valence-corrected chi connectivity index (χ0v) is 11.8. The van der Waals surface area contributed by atoms with Crippen molar-refractivity contribution in [1.82, 2.24) is 9.38 Å². The van der Waals surface area contributed by atoms with E-state index >= 15 is 0 Å². The second kappa shape index (κ2) is 5.39. The molecule has 0 bridgehead atoms. The first kappa shape index (κ1) is 12.8. The molecule has 19 heavy (non-hydrogen) atoms. The average molecular weight is 280 g/mol. The molecule has 0 unspecified atom stereocenters. The van der Waals surface area contributed by atoms with E-state index in [4.69, 9.17) is 21.3 Å². The van der Waals surface area contributed by atoms with Crippen molar-refractivity contribution in [3.05, 3.63) is 30.1 Å². The smallest absolute Gasteiger partial charge is 0.152 e. The number of alkyl halides is 1. The molecule has 0 aliphatic carbocycles. The lowest BCUT2D eigenvalue weighted by Crippen LogP contribution is -2.37. The summed E-state index contributed by atoms with van der Waals surface area (Å²) in [6.07, 6.45) is 4.50. The summed E-state index contributed by atoms with van der Waals surface area (Å²) in [7, 11) is 1.79. The normalized spacial score (nSPS) is 17.3. The van der Waals surface area contributed by atoms with Crippen molar-refractivity contribution in [1.29, 1.82) is 0 Å². The maximum Gasteiger partial charge on any atom is 0.152 e. The molecule has 2 aromatic rings. The molecular weight excluding hydrogens is 262 g/mol. The Morgan fingerprint density at radius 1 is 1.37 bits per heavy atom. The summed E-state index contributed by atoms with van der Waals surface area (Å²) in [5.41, 5.74) is 2.04. The Labute approximate surface area is 117 Å². The summed E-state index contributed by atoms with van der Waals surface area (Å²) in [6, 6.07) is 6.02. The number of aromatic nitrogens is 2. The van der Waals surface area contributed by atoms with E-state index in [1.54, 1.807) is 7.11 Å². The average Bonchev–Trinajstić information content (AvgIpc) is 2.85. The number of rotatable bonds is 3. The van der Waals surface area contributed by atoms with Crippen molar-refractivity contribution in [2.45, 2.75) is 24.8 Å². The number of halogens is 1. The van der Waals surface area contributed by atoms with Crippen LogP contribution in [0.1, 0.15) is 18.5 Å². The third-order valence-electron chi connectivity index (χ3n) is 3.81. The molecule has 1 aliphatic heterocycles. The minimum absolute atomic E-state index is 0.382. The van der Waals surface area contributed by atoms with Gasteiger partial charge in [0.05, 0.1) is 17.7 Å². The van der Waals surface area contributed by atoms with Crippen LogP contribution < -0.4 is 4.90 Å². The molecule has 0 radical (unpaired) electrons. The summed E-state index contributed by atoms with van der Waals surface area (Å²) in [5, 5.41) is 0. The van der Waals surface area contributed by atoms with E-state index in [1.165, 1.54) is 0 Å². The third kappa shape index (κ3) is 2.30. The summed E-state index contributed by atoms with van der Waals surface area (Å²) in [6.45, 7) is 1.96. The molecule has 102 valence electrons. The van der Waals surface area contributed by atoms with E-state index in [0.717, 1.165) is 43.1 Å². The van der Waals surface area contributed by atoms with Crippen LogP contribution in [0.5, 0.6) is 0 Å². The highest BCUT2D eigenvalue weighted by Gasteiger charge is 2.23. The number of anilines is 1. The topological polar surface area (TPSA) is 29.8 Å². The molecule has 0 aromatic carbocycles. The number of imidazole rings is 1. The van der Waals surface area contributed by atoms with Gasteiger partial charge in [-0.25, -0.2) is 4.98 Å². The van der Waals surface area contributed by atoms with Crippen LogP contribution in [0.4, 0.5) is 5.82 Å². The van der Waals surface area contributed by atoms with Gasteiger partial charge < -0.3 is 14.0 Å². The Kier molecular flexibility index (Phi) is 3.62. The van der Waals surface area contributed by atoms with Gasteiger partial charge in [-0.3, -0.25) is 0 Å². The number of nitrogens with zero attached hydrogens (tertiary/aromatic N) is 3. The largest absolute Gasteiger partial charge is 0.381 e. The highest BCUT2D eigenvalue weighted by molar-refractivity contribution is 6.17. The molecule has 1 aliphatic rings. The summed E-state index contributed by atoms with van der Waals surface area (Å²) < 4.78 is 7.49. The summed E-state index contributed by atoms with van der Waals surface area (Å²) in [5.74, 6) is 1.50. The molecule has 5 heteroatoms. The SMILES string of the molecule is COC1CCN(c2nc3ccccn3c2CCl)CC1. The molecule has 0 atom stereocenters. The molecule has 0 N–H and O–H groups in total. The van der Waals surface area contributed by atoms with Gasteiger partial charge in [0.1, 0.15) is 5.65 Å². The quantitative estimate of drug-likeness (QED) is 0.809. The lowest BCUT2D eigenvalue weighted by molar-refractivity contribution is 0.0818. The van der Waals surface area contributed by atoms with E-state index in [9.17, 15) is 0 Å². The predicted octanol–water partition coefficient (Wildman–Crippen LogP) is 2.69. The number of hydrogen-bond donors (Lipinski definition) is 0. The number of hydrogen-bond acceptors (Lipinski definition) is 3. The maximum absolute atomic E-state index is 6.12. The van der Waals surface area contributed by atoms with Gasteiger partial charge in [0.15, 0.2) is 5.82 Å². The van der Waals surface area contributed by atoms with E-state index in [1.807, 2.05) is 24.4 Å². The summed E-state index contributed by atoms with van der Waals surface area (Å²) >= 11 is 6.12. The molecule has 2 aromatic heterocycles. The monoisotopic (exact) mass is 279 g/mol. The molecule has 0 spiro atoms. The minimum Gasteiger partial charge on any atom is -0.381 e. The van der Waals surface area contributed by atoms with Gasteiger partial charge >= 0.3 is 0 Å². The van der Waals surface area contributed by atoms with Crippen molar-refractivity contribution >= 4 is 23.1 Å². The van der Waals surface area contributed by atoms with Gasteiger partial charge in [-0.2, -0.15) is 0 Å². The van der Waals surface area contributed by atoms with Gasteiger partial charge in [-0.1, -0.05) is 6.07 Å². The van der Waals surface area contributed by atoms with Crippen LogP contribution in [0.15, 0.2) is 24.4 Å². The first-order valence-corrected chi connectivity index (χ1v) is 7.16. The third-order valence-corrected chi connectivity index (χ3v) is 4.06. The van der Waals surface area contributed by atoms with Gasteiger partial charge in [0, 0.05) is 26.4 Å². The van der Waals surface area contributed by atoms with E-state index in [0.29, 0.717) is 12.0 Å². The Bertz CT molecular complexity index is 561. The van der Waals surface area contributed by atoms with Crippen LogP contribution in [-0.2, 0) is 10.6 Å². The Morgan fingerprint density at radius 3 is 2.84 bits per heavy atom. The highest BCUT2D eigenvalue weighted by Crippen LogP contribution is 2.26. The van der Waals surface area contributed by atoms with E-state index < -0.39 is 0 Å². The maximum atomic E-state index is 6.12. The molecule has 4 nitrogen and oxygen atoms in total. The number of methoxy groups -OCH3 is 1. The van der Waals surface area contributed by atoms with E-state index in [2.05, 4.69) is 9.30 Å². The molecule has 0 saturated carbocycles. The number of fused-ring (bicyclic) bond motifs is 1. The zero-order chi connectivity index (χ0) is 13.2. The Balaban J connectivity index is 1.92. The van der Waals surface area contributed by atoms with Crippen LogP contribution >= 0.6 is 11.6 Å². The number of ether oxygens (including phenoxy) is 1. The van der Waals surface area contributed by atoms with E-state index in [-0.39, 0.29) is 0 Å². The minimum atomic E-state index is 0.382. The zero-order valence-electron chi connectivity index (χ0n) is 11.1. The summed E-state index contributed by atoms with van der Waals surface area (Å²) in [4.78, 5) is 7.04. The molecule has 1 fully saturated rings. The van der Waals surface area contributed by atoms with Crippen molar-refractivity contribution in [3.63, 3.8) is 0 Å². The van der Waals surface area contributed by atoms with Crippen molar-refractivity contribution in [2.75, 3.05) is 25.1 Å². The first-order valence-electron chi connectivity index (χ1n) is 6.63. The fourth-order valence-electron chi connectivity index (χ4n) is 2.71. The van der Waals surface area contributed by atoms with Crippen LogP contribution in [0.25, 0.3) is 5.65 Å². The highest BCUT2D eigenvalue weighted by atomic mass is 35.5. The lowest BCUT2D eigenvalue weighted by atomic mass is 10.1. The van der Waals surface area contributed by atoms with Crippen LogP contribution in [0.3, 0.4) is 0 Å². The van der Waals surface area contributed by atoms with Gasteiger partial charge in [0.25, 0.3) is 0 Å². The number of pyridine rings is 1. The predicted molar refractivity (Wildman–Crippen MR) is 77.0 cm³/mol. The molecular formula is C14H18ClN3O. The molecule has 1 saturated heterocycles. The van der Waals surface area contributed by atoms with Gasteiger partial charge in [-0.15, -0.1) is 11.6 Å². The Morgan fingerprint density at radius 2 is 2.16 bits per heavy atom. The molecule has 0 amide bonds. The van der Waals surface area contributed by atoms with Crippen LogP contribution in [0.2, 0.25) is 0 Å². The molecule has 3 rings (SSSR count). The van der Waals surface area contributed by atoms with Gasteiger partial charge in [-0.05, 0) is 25.0 Å². The Hall–Kier alpha value is -1.26. The fraction of sp³-hybridized carbons (Fsp3) is 0.500. The van der Waals surface area contributed by atoms with Crippen molar-refractivity contribution < 1.29 is 4.74 Å².